The predicted octanol–water partition coefficient (Wildman–Crippen LogP) is 6.23. The molecule has 29 heavy (non-hydrogen) atoms. The van der Waals surface area contributed by atoms with E-state index in [9.17, 15) is 0 Å². The molecule has 0 amide bonds. The molecule has 1 aromatic carbocycles. The number of hydrogen-bond donors (Lipinski definition) is 0. The lowest BCUT2D eigenvalue weighted by molar-refractivity contribution is 0.215. The number of rotatable bonds is 10. The van der Waals surface area contributed by atoms with Crippen LogP contribution in [0.2, 0.25) is 0 Å². The maximum Gasteiger partial charge on any atom is 0.357 e. The quantitative estimate of drug-likeness (QED) is 0.149. The molecular weight excluding hydrogens is 384 g/mol. The van der Waals surface area contributed by atoms with Gasteiger partial charge in [0.15, 0.2) is 0 Å². The number of ether oxygens (including phenoxy) is 4. The minimum absolute atomic E-state index is 0.133. The third-order valence-electron chi connectivity index (χ3n) is 5.37. The number of hydrogen-bond acceptors (Lipinski definition) is 5. The highest BCUT2D eigenvalue weighted by Crippen LogP contribution is 2.43. The van der Waals surface area contributed by atoms with E-state index in [2.05, 4.69) is 38.6 Å². The van der Waals surface area contributed by atoms with Crippen LogP contribution in [0.25, 0.3) is 0 Å². The molecule has 0 radical (unpaired) electrons. The van der Waals surface area contributed by atoms with Gasteiger partial charge in [0, 0.05) is 23.7 Å². The Morgan fingerprint density at radius 2 is 2.10 bits per heavy atom. The van der Waals surface area contributed by atoms with Crippen molar-refractivity contribution in [2.75, 3.05) is 13.2 Å². The average Bonchev–Trinajstić information content (AvgIpc) is 3.51. The van der Waals surface area contributed by atoms with Crippen LogP contribution in [-0.4, -0.2) is 24.6 Å². The summed E-state index contributed by atoms with van der Waals surface area (Å²) in [6.45, 7) is 9.32. The summed E-state index contributed by atoms with van der Waals surface area (Å²) in [7, 11) is 0. The molecule has 3 rings (SSSR count). The van der Waals surface area contributed by atoms with E-state index in [0.29, 0.717) is 6.61 Å². The maximum atomic E-state index is 6.06. The second kappa shape index (κ2) is 10.8. The Kier molecular flexibility index (Phi) is 8.13. The monoisotopic (exact) mass is 416 g/mol. The van der Waals surface area contributed by atoms with Crippen molar-refractivity contribution in [2.24, 2.45) is 0 Å². The van der Waals surface area contributed by atoms with E-state index in [1.807, 2.05) is 0 Å². The lowest BCUT2D eigenvalue weighted by atomic mass is 9.84. The summed E-state index contributed by atoms with van der Waals surface area (Å²) in [5.74, 6) is 1.76. The van der Waals surface area contributed by atoms with Crippen molar-refractivity contribution in [1.82, 2.24) is 0 Å². The molecule has 4 nitrogen and oxygen atoms in total. The number of thiocarbonyl (C=S) groups is 1. The first-order valence-electron chi connectivity index (χ1n) is 10.7. The molecule has 1 aliphatic heterocycles. The molecule has 158 valence electrons. The molecule has 1 saturated heterocycles. The molecule has 1 aromatic rings. The smallest absolute Gasteiger partial charge is 0.357 e. The molecule has 2 atom stereocenters. The van der Waals surface area contributed by atoms with Crippen molar-refractivity contribution in [1.29, 1.82) is 0 Å². The lowest BCUT2D eigenvalue weighted by Crippen LogP contribution is -2.16. The Bertz CT molecular complexity index is 751. The summed E-state index contributed by atoms with van der Waals surface area (Å²) in [5, 5.41) is 0.133. The fourth-order valence-corrected chi connectivity index (χ4v) is 3.96. The van der Waals surface area contributed by atoms with Crippen LogP contribution < -0.4 is 9.47 Å². The lowest BCUT2D eigenvalue weighted by Gasteiger charge is -2.25. The number of aryl methyl sites for hydroxylation is 1. The molecule has 0 saturated carbocycles. The summed E-state index contributed by atoms with van der Waals surface area (Å²) in [6.07, 6.45) is 11.8. The largest absolute Gasteiger partial charge is 0.465 e. The highest BCUT2D eigenvalue weighted by atomic mass is 32.1. The van der Waals surface area contributed by atoms with E-state index in [1.165, 1.54) is 30.2 Å². The van der Waals surface area contributed by atoms with Crippen LogP contribution in [0.15, 0.2) is 36.6 Å². The normalized spacial score (nSPS) is 20.6. The Balaban J connectivity index is 1.90. The molecule has 0 spiro atoms. The zero-order chi connectivity index (χ0) is 20.6. The van der Waals surface area contributed by atoms with Gasteiger partial charge in [0.1, 0.15) is 24.2 Å². The van der Waals surface area contributed by atoms with Gasteiger partial charge in [-0.25, -0.2) is 0 Å². The minimum atomic E-state index is 0.133. The van der Waals surface area contributed by atoms with Crippen molar-refractivity contribution in [3.63, 3.8) is 0 Å². The van der Waals surface area contributed by atoms with Crippen LogP contribution in [0.3, 0.4) is 0 Å². The van der Waals surface area contributed by atoms with Gasteiger partial charge >= 0.3 is 5.24 Å². The molecule has 5 heteroatoms. The third kappa shape index (κ3) is 6.58. The SMILES string of the molecule is C=COc1cc(CCCCC)cc(OC(=S)OCC2CO2)c1C1C=C(C)CCC1. The average molecular weight is 417 g/mol. The van der Waals surface area contributed by atoms with Crippen molar-refractivity contribution < 1.29 is 18.9 Å². The van der Waals surface area contributed by atoms with Crippen molar-refractivity contribution >= 4 is 17.5 Å². The van der Waals surface area contributed by atoms with Crippen LogP contribution in [-0.2, 0) is 15.9 Å². The van der Waals surface area contributed by atoms with E-state index in [0.717, 1.165) is 55.8 Å². The van der Waals surface area contributed by atoms with Gasteiger partial charge in [-0.3, -0.25) is 0 Å². The zero-order valence-corrected chi connectivity index (χ0v) is 18.4. The van der Waals surface area contributed by atoms with Crippen LogP contribution in [0.5, 0.6) is 11.5 Å². The Hall–Kier alpha value is -1.85. The van der Waals surface area contributed by atoms with Crippen molar-refractivity contribution in [2.45, 2.75) is 70.8 Å². The van der Waals surface area contributed by atoms with Gasteiger partial charge in [0.25, 0.3) is 0 Å². The highest BCUT2D eigenvalue weighted by molar-refractivity contribution is 7.79. The fourth-order valence-electron chi connectivity index (χ4n) is 3.80. The first kappa shape index (κ1) is 21.8. The minimum Gasteiger partial charge on any atom is -0.465 e. The van der Waals surface area contributed by atoms with Gasteiger partial charge in [-0.15, -0.1) is 0 Å². The molecule has 0 N–H and O–H groups in total. The second-order valence-electron chi connectivity index (χ2n) is 7.88. The number of allylic oxidation sites excluding steroid dienone is 2. The molecule has 1 aliphatic carbocycles. The van der Waals surface area contributed by atoms with Gasteiger partial charge in [0.2, 0.25) is 0 Å². The summed E-state index contributed by atoms with van der Waals surface area (Å²) in [6, 6.07) is 4.22. The maximum absolute atomic E-state index is 6.06. The first-order chi connectivity index (χ1) is 14.1. The molecular formula is C24H32O4S. The van der Waals surface area contributed by atoms with E-state index in [1.54, 1.807) is 0 Å². The van der Waals surface area contributed by atoms with Crippen LogP contribution in [0.4, 0.5) is 0 Å². The van der Waals surface area contributed by atoms with E-state index in [4.69, 9.17) is 31.2 Å². The Labute approximate surface area is 179 Å². The number of unbranched alkanes of at least 4 members (excludes halogenated alkanes) is 2. The number of epoxide rings is 1. The molecule has 1 fully saturated rings. The van der Waals surface area contributed by atoms with E-state index >= 15 is 0 Å². The standard InChI is InChI=1S/C24H32O4S/c1-4-6-7-10-18-13-21(25-5-2)23(19-11-8-9-17(3)12-19)22(14-18)28-24(29)27-16-20-15-26-20/h5,12-14,19-20H,2,4,6-11,15-16H2,1,3H3. The van der Waals surface area contributed by atoms with Gasteiger partial charge in [0.05, 0.1) is 12.9 Å². The summed E-state index contributed by atoms with van der Waals surface area (Å²) < 4.78 is 22.7. The third-order valence-corrected chi connectivity index (χ3v) is 5.57. The molecule has 1 heterocycles. The first-order valence-corrected chi connectivity index (χ1v) is 11.1. The Morgan fingerprint density at radius 3 is 2.79 bits per heavy atom. The van der Waals surface area contributed by atoms with E-state index < -0.39 is 0 Å². The van der Waals surface area contributed by atoms with Crippen molar-refractivity contribution in [3.05, 3.63) is 47.7 Å². The molecule has 0 bridgehead atoms. The zero-order valence-electron chi connectivity index (χ0n) is 17.6. The molecule has 2 unspecified atom stereocenters. The molecule has 0 aromatic heterocycles. The van der Waals surface area contributed by atoms with E-state index in [-0.39, 0.29) is 17.3 Å². The summed E-state index contributed by atoms with van der Waals surface area (Å²) in [4.78, 5) is 0. The molecule has 2 aliphatic rings. The number of benzene rings is 1. The Morgan fingerprint density at radius 1 is 1.31 bits per heavy atom. The van der Waals surface area contributed by atoms with Crippen molar-refractivity contribution in [3.8, 4) is 11.5 Å². The predicted molar refractivity (Wildman–Crippen MR) is 120 cm³/mol. The van der Waals surface area contributed by atoms with Gasteiger partial charge in [-0.1, -0.05) is 38.0 Å². The van der Waals surface area contributed by atoms with Crippen LogP contribution >= 0.6 is 12.2 Å². The van der Waals surface area contributed by atoms with Gasteiger partial charge in [-0.2, -0.15) is 0 Å². The van der Waals surface area contributed by atoms with Gasteiger partial charge < -0.3 is 18.9 Å². The summed E-state index contributed by atoms with van der Waals surface area (Å²) in [5.41, 5.74) is 3.60. The highest BCUT2D eigenvalue weighted by Gasteiger charge is 2.26. The van der Waals surface area contributed by atoms with Gasteiger partial charge in [-0.05, 0) is 56.7 Å². The van der Waals surface area contributed by atoms with Crippen LogP contribution in [0.1, 0.15) is 69.4 Å². The topological polar surface area (TPSA) is 40.2 Å². The summed E-state index contributed by atoms with van der Waals surface area (Å²) >= 11 is 5.35. The fraction of sp³-hybridized carbons (Fsp3) is 0.542. The second-order valence-corrected chi connectivity index (χ2v) is 8.21. The van der Waals surface area contributed by atoms with Crippen LogP contribution in [0, 0.1) is 0 Å².